The lowest BCUT2D eigenvalue weighted by molar-refractivity contribution is -0.139. The summed E-state index contributed by atoms with van der Waals surface area (Å²) in [7, 11) is 0. The van der Waals surface area contributed by atoms with E-state index >= 15 is 0 Å². The van der Waals surface area contributed by atoms with Gasteiger partial charge in [-0.3, -0.25) is 4.79 Å². The average Bonchev–Trinajstić information content (AvgIpc) is 2.20. The molecule has 0 aliphatic carbocycles. The van der Waals surface area contributed by atoms with Crippen LogP contribution >= 0.6 is 11.6 Å². The molecule has 5 heteroatoms. The number of hydrogen-bond acceptors (Lipinski definition) is 2. The smallest absolute Gasteiger partial charge is 0.303 e. The molecule has 2 atom stereocenters. The normalized spacial score (nSPS) is 14.5. The maximum atomic E-state index is 13.5. The van der Waals surface area contributed by atoms with E-state index in [2.05, 4.69) is 0 Å². The molecule has 0 aromatic heterocycles. The van der Waals surface area contributed by atoms with E-state index in [4.69, 9.17) is 16.7 Å². The van der Waals surface area contributed by atoms with Gasteiger partial charge in [-0.2, -0.15) is 0 Å². The van der Waals surface area contributed by atoms with Crippen molar-refractivity contribution in [3.63, 3.8) is 0 Å². The van der Waals surface area contributed by atoms with Crippen molar-refractivity contribution in [3.8, 4) is 0 Å². The molecule has 16 heavy (non-hydrogen) atoms. The van der Waals surface area contributed by atoms with Crippen LogP contribution in [0.5, 0.6) is 0 Å². The monoisotopic (exact) mass is 246 g/mol. The minimum atomic E-state index is -1.17. The number of aliphatic hydroxyl groups excluding tert-OH is 1. The molecule has 88 valence electrons. The largest absolute Gasteiger partial charge is 0.481 e. The Morgan fingerprint density at radius 2 is 2.19 bits per heavy atom. The number of carbonyl (C=O) groups is 1. The Hall–Kier alpha value is -1.13. The number of carboxylic acid groups (broad SMARTS) is 1. The quantitative estimate of drug-likeness (QED) is 0.859. The van der Waals surface area contributed by atoms with Gasteiger partial charge < -0.3 is 10.2 Å². The van der Waals surface area contributed by atoms with Crippen LogP contribution in [0.15, 0.2) is 18.2 Å². The highest BCUT2D eigenvalue weighted by Gasteiger charge is 2.22. The first-order chi connectivity index (χ1) is 7.43. The highest BCUT2D eigenvalue weighted by atomic mass is 35.5. The maximum Gasteiger partial charge on any atom is 0.303 e. The lowest BCUT2D eigenvalue weighted by Gasteiger charge is -2.18. The van der Waals surface area contributed by atoms with Gasteiger partial charge in [-0.15, -0.1) is 0 Å². The summed E-state index contributed by atoms with van der Waals surface area (Å²) in [6.07, 6.45) is -1.40. The van der Waals surface area contributed by atoms with E-state index < -0.39 is 23.8 Å². The Labute approximate surface area is 97.5 Å². The van der Waals surface area contributed by atoms with Crippen LogP contribution < -0.4 is 0 Å². The number of carboxylic acids is 1. The Bertz CT molecular complexity index is 395. The predicted octanol–water partition coefficient (Wildman–Crippen LogP) is 2.62. The Morgan fingerprint density at radius 3 is 2.75 bits per heavy atom. The number of benzene rings is 1. The molecule has 2 unspecified atom stereocenters. The van der Waals surface area contributed by atoms with Crippen LogP contribution in [0.4, 0.5) is 4.39 Å². The van der Waals surface area contributed by atoms with Crippen molar-refractivity contribution in [1.29, 1.82) is 0 Å². The van der Waals surface area contributed by atoms with Crippen LogP contribution in [0.2, 0.25) is 5.02 Å². The first kappa shape index (κ1) is 12.9. The maximum absolute atomic E-state index is 13.5. The molecular weight excluding hydrogens is 235 g/mol. The summed E-state index contributed by atoms with van der Waals surface area (Å²) in [5.74, 6) is -2.31. The van der Waals surface area contributed by atoms with Gasteiger partial charge in [-0.25, -0.2) is 4.39 Å². The zero-order valence-corrected chi connectivity index (χ0v) is 9.41. The van der Waals surface area contributed by atoms with Crippen molar-refractivity contribution < 1.29 is 19.4 Å². The molecule has 0 aliphatic heterocycles. The van der Waals surface area contributed by atoms with E-state index in [0.717, 1.165) is 0 Å². The fourth-order valence-corrected chi connectivity index (χ4v) is 1.62. The fourth-order valence-electron chi connectivity index (χ4n) is 1.44. The molecule has 0 saturated carbocycles. The summed E-state index contributed by atoms with van der Waals surface area (Å²) >= 11 is 5.57. The van der Waals surface area contributed by atoms with Crippen molar-refractivity contribution in [2.45, 2.75) is 19.4 Å². The van der Waals surface area contributed by atoms with Gasteiger partial charge in [-0.05, 0) is 12.0 Å². The van der Waals surface area contributed by atoms with E-state index in [1.54, 1.807) is 6.92 Å². The third kappa shape index (κ3) is 2.93. The van der Waals surface area contributed by atoms with E-state index in [1.165, 1.54) is 18.2 Å². The summed E-state index contributed by atoms with van der Waals surface area (Å²) < 4.78 is 13.5. The molecule has 1 aromatic carbocycles. The van der Waals surface area contributed by atoms with E-state index in [-0.39, 0.29) is 17.0 Å². The van der Waals surface area contributed by atoms with Gasteiger partial charge >= 0.3 is 5.97 Å². The van der Waals surface area contributed by atoms with Crippen LogP contribution in [0.3, 0.4) is 0 Å². The van der Waals surface area contributed by atoms with Gasteiger partial charge in [0.1, 0.15) is 5.82 Å². The average molecular weight is 247 g/mol. The van der Waals surface area contributed by atoms with Gasteiger partial charge in [0, 0.05) is 5.56 Å². The van der Waals surface area contributed by atoms with Crippen molar-refractivity contribution in [2.24, 2.45) is 5.92 Å². The highest BCUT2D eigenvalue weighted by molar-refractivity contribution is 6.30. The van der Waals surface area contributed by atoms with Crippen LogP contribution in [0.25, 0.3) is 0 Å². The molecule has 1 rings (SSSR count). The molecule has 0 saturated heterocycles. The molecule has 0 spiro atoms. The highest BCUT2D eigenvalue weighted by Crippen LogP contribution is 2.29. The van der Waals surface area contributed by atoms with Crippen molar-refractivity contribution in [2.75, 3.05) is 0 Å². The molecule has 0 fully saturated rings. The van der Waals surface area contributed by atoms with Crippen molar-refractivity contribution >= 4 is 17.6 Å². The van der Waals surface area contributed by atoms with E-state index in [1.807, 2.05) is 0 Å². The molecular formula is C11H12ClFO3. The summed E-state index contributed by atoms with van der Waals surface area (Å²) in [6, 6.07) is 4.27. The summed E-state index contributed by atoms with van der Waals surface area (Å²) in [6.45, 7) is 1.54. The second-order valence-corrected chi connectivity index (χ2v) is 4.07. The van der Waals surface area contributed by atoms with Gasteiger partial charge in [-0.1, -0.05) is 30.7 Å². The molecule has 0 heterocycles. The van der Waals surface area contributed by atoms with Crippen LogP contribution in [0.1, 0.15) is 25.0 Å². The molecule has 0 aliphatic rings. The second-order valence-electron chi connectivity index (χ2n) is 3.66. The Morgan fingerprint density at radius 1 is 1.56 bits per heavy atom. The standard InChI is InChI=1S/C11H12ClFO3/c1-6(5-9(14)15)11(16)7-3-2-4-8(12)10(7)13/h2-4,6,11,16H,5H2,1H3,(H,14,15). The first-order valence-electron chi connectivity index (χ1n) is 4.77. The van der Waals surface area contributed by atoms with E-state index in [9.17, 15) is 14.3 Å². The van der Waals surface area contributed by atoms with Gasteiger partial charge in [0.05, 0.1) is 17.5 Å². The Balaban J connectivity index is 2.91. The molecule has 0 bridgehead atoms. The zero-order valence-electron chi connectivity index (χ0n) is 8.65. The van der Waals surface area contributed by atoms with Gasteiger partial charge in [0.25, 0.3) is 0 Å². The van der Waals surface area contributed by atoms with Crippen LogP contribution in [-0.2, 0) is 4.79 Å². The molecule has 3 nitrogen and oxygen atoms in total. The number of halogens is 2. The topological polar surface area (TPSA) is 57.5 Å². The molecule has 0 amide bonds. The van der Waals surface area contributed by atoms with Crippen molar-refractivity contribution in [1.82, 2.24) is 0 Å². The van der Waals surface area contributed by atoms with Crippen LogP contribution in [-0.4, -0.2) is 16.2 Å². The van der Waals surface area contributed by atoms with Gasteiger partial charge in [0.2, 0.25) is 0 Å². The first-order valence-corrected chi connectivity index (χ1v) is 5.15. The summed E-state index contributed by atoms with van der Waals surface area (Å²) in [5.41, 5.74) is 0.0289. The predicted molar refractivity (Wildman–Crippen MR) is 57.8 cm³/mol. The minimum absolute atomic E-state index is 0.0289. The molecule has 1 aromatic rings. The number of aliphatic carboxylic acids is 1. The fraction of sp³-hybridized carbons (Fsp3) is 0.364. The lowest BCUT2D eigenvalue weighted by Crippen LogP contribution is -2.14. The summed E-state index contributed by atoms with van der Waals surface area (Å²) in [4.78, 5) is 10.5. The lowest BCUT2D eigenvalue weighted by atomic mass is 9.94. The molecule has 0 radical (unpaired) electrons. The SMILES string of the molecule is CC(CC(=O)O)C(O)c1cccc(Cl)c1F. The molecule has 2 N–H and O–H groups in total. The van der Waals surface area contributed by atoms with Crippen LogP contribution in [0, 0.1) is 11.7 Å². The van der Waals surface area contributed by atoms with Gasteiger partial charge in [0.15, 0.2) is 0 Å². The van der Waals surface area contributed by atoms with E-state index in [0.29, 0.717) is 0 Å². The Kier molecular flexibility index (Phi) is 4.26. The number of aliphatic hydroxyl groups is 1. The second kappa shape index (κ2) is 5.27. The summed E-state index contributed by atoms with van der Waals surface area (Å²) in [5, 5.41) is 18.3. The van der Waals surface area contributed by atoms with Crippen molar-refractivity contribution in [3.05, 3.63) is 34.6 Å². The zero-order chi connectivity index (χ0) is 12.3. The number of hydrogen-bond donors (Lipinski definition) is 2. The minimum Gasteiger partial charge on any atom is -0.481 e. The third-order valence-corrected chi connectivity index (χ3v) is 2.63. The third-order valence-electron chi connectivity index (χ3n) is 2.34. The number of rotatable bonds is 4.